The smallest absolute Gasteiger partial charge is 0.242 e. The van der Waals surface area contributed by atoms with E-state index in [0.717, 1.165) is 0 Å². The van der Waals surface area contributed by atoms with E-state index in [2.05, 4.69) is 19.6 Å². The largest absolute Gasteiger partial charge is 0.544 e. The first-order chi connectivity index (χ1) is 11.4. The molecule has 0 spiro atoms. The summed E-state index contributed by atoms with van der Waals surface area (Å²) in [7, 11) is -7.30. The van der Waals surface area contributed by atoms with E-state index in [0.29, 0.717) is 11.5 Å². The number of sulfone groups is 1. The van der Waals surface area contributed by atoms with Crippen LogP contribution in [0.3, 0.4) is 0 Å². The van der Waals surface area contributed by atoms with E-state index < -0.39 is 26.5 Å². The Morgan fingerprint density at radius 2 is 1.24 bits per heavy atom. The van der Waals surface area contributed by atoms with Gasteiger partial charge >= 0.3 is 0 Å². The summed E-state index contributed by atoms with van der Waals surface area (Å²) in [6, 6.07) is 13.4. The van der Waals surface area contributed by atoms with Crippen LogP contribution in [0.2, 0.25) is 39.3 Å². The Labute approximate surface area is 153 Å². The molecule has 0 N–H and O–H groups in total. The lowest BCUT2D eigenvalue weighted by molar-refractivity contribution is 0.535. The van der Waals surface area contributed by atoms with Crippen molar-refractivity contribution in [2.24, 2.45) is 0 Å². The fourth-order valence-electron chi connectivity index (χ4n) is 2.25. The monoisotopic (exact) mass is 394 g/mol. The number of rotatable bonds is 6. The predicted molar refractivity (Wildman–Crippen MR) is 106 cm³/mol. The third kappa shape index (κ3) is 5.45. The van der Waals surface area contributed by atoms with Gasteiger partial charge in [0.25, 0.3) is 0 Å². The van der Waals surface area contributed by atoms with Crippen molar-refractivity contribution in [3.05, 3.63) is 48.5 Å². The van der Waals surface area contributed by atoms with E-state index in [1.807, 2.05) is 19.6 Å². The average molecular weight is 395 g/mol. The molecule has 25 heavy (non-hydrogen) atoms. The highest BCUT2D eigenvalue weighted by Gasteiger charge is 2.26. The molecule has 0 atom stereocenters. The maximum absolute atomic E-state index is 13.0. The molecule has 136 valence electrons. The average Bonchev–Trinajstić information content (AvgIpc) is 2.45. The molecule has 0 aliphatic heterocycles. The van der Waals surface area contributed by atoms with E-state index in [4.69, 9.17) is 8.85 Å². The van der Waals surface area contributed by atoms with Gasteiger partial charge in [0, 0.05) is 0 Å². The minimum Gasteiger partial charge on any atom is -0.544 e. The number of hydrogen-bond donors (Lipinski definition) is 0. The van der Waals surface area contributed by atoms with Crippen molar-refractivity contribution in [3.63, 3.8) is 0 Å². The zero-order valence-corrected chi connectivity index (χ0v) is 18.5. The maximum atomic E-state index is 13.0. The van der Waals surface area contributed by atoms with Crippen LogP contribution in [0, 0.1) is 0 Å². The molecule has 0 saturated heterocycles. The van der Waals surface area contributed by atoms with Gasteiger partial charge in [0.05, 0.1) is 4.90 Å². The van der Waals surface area contributed by atoms with Crippen LogP contribution in [0.25, 0.3) is 0 Å². The number of benzene rings is 2. The van der Waals surface area contributed by atoms with Crippen LogP contribution < -0.4 is 8.85 Å². The third-order valence-corrected chi connectivity index (χ3v) is 6.60. The van der Waals surface area contributed by atoms with Crippen molar-refractivity contribution in [2.75, 3.05) is 0 Å². The van der Waals surface area contributed by atoms with E-state index in [1.54, 1.807) is 48.5 Å². The Hall–Kier alpha value is -1.58. The van der Waals surface area contributed by atoms with E-state index >= 15 is 0 Å². The fraction of sp³-hybridized carbons (Fsp3) is 0.333. The molecule has 0 aliphatic carbocycles. The van der Waals surface area contributed by atoms with Gasteiger partial charge in [-0.15, -0.1) is 0 Å². The quantitative estimate of drug-likeness (QED) is 0.651. The van der Waals surface area contributed by atoms with Crippen LogP contribution in [0.15, 0.2) is 58.3 Å². The van der Waals surface area contributed by atoms with E-state index in [1.165, 1.54) is 0 Å². The van der Waals surface area contributed by atoms with Gasteiger partial charge < -0.3 is 8.85 Å². The predicted octanol–water partition coefficient (Wildman–Crippen LogP) is 4.95. The summed E-state index contributed by atoms with van der Waals surface area (Å²) in [5, 5.41) is 0. The molecule has 0 amide bonds. The van der Waals surface area contributed by atoms with Crippen molar-refractivity contribution in [3.8, 4) is 11.5 Å². The number of hydrogen-bond acceptors (Lipinski definition) is 4. The Bertz CT molecular complexity index is 833. The number of para-hydroxylation sites is 1. The summed E-state index contributed by atoms with van der Waals surface area (Å²) < 4.78 is 37.9. The van der Waals surface area contributed by atoms with Crippen molar-refractivity contribution in [1.29, 1.82) is 0 Å². The minimum absolute atomic E-state index is 0.205. The molecule has 2 aromatic carbocycles. The second kappa shape index (κ2) is 6.97. The Morgan fingerprint density at radius 3 is 1.76 bits per heavy atom. The maximum Gasteiger partial charge on any atom is 0.242 e. The molecule has 0 radical (unpaired) electrons. The molecule has 4 nitrogen and oxygen atoms in total. The molecular formula is C18H26O4SSi2. The second-order valence-corrected chi connectivity index (χ2v) is 18.6. The van der Waals surface area contributed by atoms with Crippen molar-refractivity contribution in [1.82, 2.24) is 0 Å². The van der Waals surface area contributed by atoms with Crippen LogP contribution in [-0.2, 0) is 9.84 Å². The summed E-state index contributed by atoms with van der Waals surface area (Å²) in [6.45, 7) is 12.3. The van der Waals surface area contributed by atoms with Crippen LogP contribution in [-0.4, -0.2) is 25.1 Å². The SMILES string of the molecule is C[Si](C)(C)Oc1ccc(S(=O)(=O)c2ccccc2O[Si](C)(C)C)cc1. The fourth-order valence-corrected chi connectivity index (χ4v) is 5.39. The first kappa shape index (κ1) is 19.7. The summed E-state index contributed by atoms with van der Waals surface area (Å²) in [6.07, 6.45) is 0. The third-order valence-electron chi connectivity index (χ3n) is 3.11. The Balaban J connectivity index is 2.40. The highest BCUT2D eigenvalue weighted by molar-refractivity contribution is 7.91. The zero-order valence-electron chi connectivity index (χ0n) is 15.7. The molecule has 0 aromatic heterocycles. The summed E-state index contributed by atoms with van der Waals surface area (Å²) in [5.74, 6) is 1.12. The highest BCUT2D eigenvalue weighted by atomic mass is 32.2. The molecule has 0 saturated carbocycles. The molecule has 0 aliphatic rings. The summed E-state index contributed by atoms with van der Waals surface area (Å²) in [5.41, 5.74) is 0. The summed E-state index contributed by atoms with van der Waals surface area (Å²) in [4.78, 5) is 0.443. The molecular weight excluding hydrogens is 368 g/mol. The van der Waals surface area contributed by atoms with Crippen molar-refractivity contribution >= 4 is 26.5 Å². The van der Waals surface area contributed by atoms with Gasteiger partial charge in [-0.2, -0.15) is 0 Å². The van der Waals surface area contributed by atoms with Gasteiger partial charge in [-0.3, -0.25) is 0 Å². The van der Waals surface area contributed by atoms with Crippen LogP contribution in [0.5, 0.6) is 11.5 Å². The van der Waals surface area contributed by atoms with Crippen LogP contribution in [0.4, 0.5) is 0 Å². The van der Waals surface area contributed by atoms with Crippen LogP contribution in [0.1, 0.15) is 0 Å². The second-order valence-electron chi connectivity index (χ2n) is 7.85. The molecule has 2 aromatic rings. The molecule has 0 bridgehead atoms. The minimum atomic E-state index is -3.65. The van der Waals surface area contributed by atoms with Gasteiger partial charge in [0.2, 0.25) is 26.5 Å². The lowest BCUT2D eigenvalue weighted by Gasteiger charge is -2.22. The molecule has 0 fully saturated rings. The van der Waals surface area contributed by atoms with Gasteiger partial charge in [-0.05, 0) is 75.7 Å². The first-order valence-electron chi connectivity index (χ1n) is 8.21. The van der Waals surface area contributed by atoms with Crippen molar-refractivity contribution < 1.29 is 17.3 Å². The van der Waals surface area contributed by atoms with Gasteiger partial charge in [-0.25, -0.2) is 8.42 Å². The van der Waals surface area contributed by atoms with Gasteiger partial charge in [0.15, 0.2) is 0 Å². The lowest BCUT2D eigenvalue weighted by atomic mass is 10.3. The molecule has 7 heteroatoms. The first-order valence-corrected chi connectivity index (χ1v) is 16.5. The van der Waals surface area contributed by atoms with Gasteiger partial charge in [-0.1, -0.05) is 12.1 Å². The van der Waals surface area contributed by atoms with E-state index in [-0.39, 0.29) is 9.79 Å². The lowest BCUT2D eigenvalue weighted by Crippen LogP contribution is -2.30. The normalized spacial score (nSPS) is 12.7. The Kier molecular flexibility index (Phi) is 5.51. The van der Waals surface area contributed by atoms with Crippen LogP contribution >= 0.6 is 0 Å². The molecule has 0 heterocycles. The van der Waals surface area contributed by atoms with Gasteiger partial charge in [0.1, 0.15) is 16.4 Å². The Morgan fingerprint density at radius 1 is 0.720 bits per heavy atom. The molecule has 2 rings (SSSR count). The zero-order chi connectivity index (χ0) is 18.9. The standard InChI is InChI=1S/C18H26O4SSi2/c1-24(2,3)21-15-11-13-16(14-12-15)23(19,20)18-10-8-7-9-17(18)22-25(4,5)6/h7-14H,1-6H3. The topological polar surface area (TPSA) is 52.6 Å². The highest BCUT2D eigenvalue weighted by Crippen LogP contribution is 2.31. The van der Waals surface area contributed by atoms with E-state index in [9.17, 15) is 8.42 Å². The summed E-state index contributed by atoms with van der Waals surface area (Å²) >= 11 is 0. The van der Waals surface area contributed by atoms with Crippen molar-refractivity contribution in [2.45, 2.75) is 49.1 Å². The molecule has 0 unspecified atom stereocenters.